The number of hydrogen-bond acceptors (Lipinski definition) is 3. The molecule has 0 aliphatic rings. The van der Waals surface area contributed by atoms with Gasteiger partial charge in [-0.25, -0.2) is 0 Å². The maximum absolute atomic E-state index is 10.4. The minimum absolute atomic E-state index is 0.0554. The lowest BCUT2D eigenvalue weighted by molar-refractivity contribution is -0.133. The van der Waals surface area contributed by atoms with E-state index in [1.165, 1.54) is 11.8 Å². The number of benzene rings is 1. The maximum atomic E-state index is 10.4. The lowest BCUT2D eigenvalue weighted by Crippen LogP contribution is -1.98. The van der Waals surface area contributed by atoms with E-state index in [0.29, 0.717) is 0 Å². The Hall–Kier alpha value is -1.16. The quantitative estimate of drug-likeness (QED) is 0.777. The highest BCUT2D eigenvalue weighted by Gasteiger charge is 2.05. The van der Waals surface area contributed by atoms with E-state index in [0.717, 1.165) is 16.2 Å². The summed E-state index contributed by atoms with van der Waals surface area (Å²) in [6, 6.07) is 5.70. The SMILES string of the molecule is COc1ccc(C)cc1SCC(=O)O. The van der Waals surface area contributed by atoms with Crippen LogP contribution in [0, 0.1) is 6.92 Å². The number of hydrogen-bond donors (Lipinski definition) is 1. The first-order chi connectivity index (χ1) is 6.63. The molecule has 1 rings (SSSR count). The van der Waals surface area contributed by atoms with E-state index in [4.69, 9.17) is 9.84 Å². The van der Waals surface area contributed by atoms with Gasteiger partial charge in [-0.3, -0.25) is 4.79 Å². The number of carboxylic acid groups (broad SMARTS) is 1. The molecule has 0 fully saturated rings. The first-order valence-corrected chi connectivity index (χ1v) is 5.11. The van der Waals surface area contributed by atoms with Crippen molar-refractivity contribution in [2.45, 2.75) is 11.8 Å². The van der Waals surface area contributed by atoms with Crippen LogP contribution in [0.3, 0.4) is 0 Å². The van der Waals surface area contributed by atoms with Crippen molar-refractivity contribution in [2.24, 2.45) is 0 Å². The molecule has 4 heteroatoms. The second-order valence-electron chi connectivity index (χ2n) is 2.84. The Labute approximate surface area is 87.1 Å². The Morgan fingerprint density at radius 2 is 2.29 bits per heavy atom. The van der Waals surface area contributed by atoms with Gasteiger partial charge < -0.3 is 9.84 Å². The van der Waals surface area contributed by atoms with Gasteiger partial charge in [0, 0.05) is 0 Å². The summed E-state index contributed by atoms with van der Waals surface area (Å²) >= 11 is 1.27. The maximum Gasteiger partial charge on any atom is 0.313 e. The summed E-state index contributed by atoms with van der Waals surface area (Å²) in [6.07, 6.45) is 0. The molecule has 0 bridgehead atoms. The molecule has 0 spiro atoms. The summed E-state index contributed by atoms with van der Waals surface area (Å²) in [5, 5.41) is 8.55. The number of carbonyl (C=O) groups is 1. The Morgan fingerprint density at radius 1 is 1.57 bits per heavy atom. The van der Waals surface area contributed by atoms with Gasteiger partial charge in [0.05, 0.1) is 17.8 Å². The molecule has 0 heterocycles. The Morgan fingerprint density at radius 3 is 2.86 bits per heavy atom. The molecule has 1 N–H and O–H groups in total. The van der Waals surface area contributed by atoms with Gasteiger partial charge in [0.25, 0.3) is 0 Å². The van der Waals surface area contributed by atoms with Crippen molar-refractivity contribution in [1.82, 2.24) is 0 Å². The predicted molar refractivity (Wildman–Crippen MR) is 56.1 cm³/mol. The van der Waals surface area contributed by atoms with Crippen LogP contribution in [0.4, 0.5) is 0 Å². The van der Waals surface area contributed by atoms with E-state index in [1.807, 2.05) is 25.1 Å². The Bertz CT molecular complexity index is 336. The predicted octanol–water partition coefficient (Wildman–Crippen LogP) is 2.18. The highest BCUT2D eigenvalue weighted by Crippen LogP contribution is 2.29. The third-order valence-electron chi connectivity index (χ3n) is 1.67. The molecule has 0 aliphatic heterocycles. The third kappa shape index (κ3) is 2.96. The second kappa shape index (κ2) is 4.91. The van der Waals surface area contributed by atoms with E-state index in [-0.39, 0.29) is 5.75 Å². The number of carboxylic acids is 1. The van der Waals surface area contributed by atoms with Crippen LogP contribution >= 0.6 is 11.8 Å². The van der Waals surface area contributed by atoms with Crippen LogP contribution in [0.1, 0.15) is 5.56 Å². The van der Waals surface area contributed by atoms with E-state index in [2.05, 4.69) is 0 Å². The zero-order valence-electron chi connectivity index (χ0n) is 8.11. The van der Waals surface area contributed by atoms with Crippen molar-refractivity contribution >= 4 is 17.7 Å². The summed E-state index contributed by atoms with van der Waals surface area (Å²) in [4.78, 5) is 11.3. The fourth-order valence-corrected chi connectivity index (χ4v) is 1.88. The van der Waals surface area contributed by atoms with Crippen LogP contribution in [0.25, 0.3) is 0 Å². The summed E-state index contributed by atoms with van der Waals surface area (Å²) < 4.78 is 5.12. The Balaban J connectivity index is 2.82. The minimum atomic E-state index is -0.821. The first-order valence-electron chi connectivity index (χ1n) is 4.12. The van der Waals surface area contributed by atoms with Gasteiger partial charge >= 0.3 is 5.97 Å². The molecule has 76 valence electrons. The van der Waals surface area contributed by atoms with Gasteiger partial charge in [0.15, 0.2) is 0 Å². The fourth-order valence-electron chi connectivity index (χ4n) is 1.04. The summed E-state index contributed by atoms with van der Waals surface area (Å²) in [6.45, 7) is 1.96. The molecular formula is C10H12O3S. The second-order valence-corrected chi connectivity index (χ2v) is 3.85. The molecule has 0 saturated heterocycles. The molecule has 1 aromatic carbocycles. The van der Waals surface area contributed by atoms with Gasteiger partial charge in [-0.15, -0.1) is 11.8 Å². The van der Waals surface area contributed by atoms with E-state index in [9.17, 15) is 4.79 Å². The van der Waals surface area contributed by atoms with Crippen LogP contribution in [-0.4, -0.2) is 23.9 Å². The normalized spacial score (nSPS) is 9.86. The average molecular weight is 212 g/mol. The smallest absolute Gasteiger partial charge is 0.313 e. The molecule has 0 saturated carbocycles. The third-order valence-corrected chi connectivity index (χ3v) is 2.69. The van der Waals surface area contributed by atoms with Gasteiger partial charge in [0.1, 0.15) is 5.75 Å². The van der Waals surface area contributed by atoms with E-state index in [1.54, 1.807) is 7.11 Å². The molecule has 0 radical (unpaired) electrons. The first kappa shape index (κ1) is 10.9. The molecular weight excluding hydrogens is 200 g/mol. The number of aliphatic carboxylic acids is 1. The topological polar surface area (TPSA) is 46.5 Å². The number of rotatable bonds is 4. The number of thioether (sulfide) groups is 1. The summed E-state index contributed by atoms with van der Waals surface area (Å²) in [5.41, 5.74) is 1.10. The van der Waals surface area contributed by atoms with Crippen LogP contribution < -0.4 is 4.74 Å². The standard InChI is InChI=1S/C10H12O3S/c1-7-3-4-8(13-2)9(5-7)14-6-10(11)12/h3-5H,6H2,1-2H3,(H,11,12). The van der Waals surface area contributed by atoms with Gasteiger partial charge in [-0.05, 0) is 24.6 Å². The molecule has 0 amide bonds. The van der Waals surface area contributed by atoms with Crippen molar-refractivity contribution in [3.63, 3.8) is 0 Å². The zero-order chi connectivity index (χ0) is 10.6. The van der Waals surface area contributed by atoms with Crippen LogP contribution in [0.15, 0.2) is 23.1 Å². The van der Waals surface area contributed by atoms with E-state index >= 15 is 0 Å². The highest BCUT2D eigenvalue weighted by molar-refractivity contribution is 8.00. The largest absolute Gasteiger partial charge is 0.496 e. The summed E-state index contributed by atoms with van der Waals surface area (Å²) in [7, 11) is 1.58. The molecule has 0 aliphatic carbocycles. The van der Waals surface area contributed by atoms with E-state index < -0.39 is 5.97 Å². The van der Waals surface area contributed by atoms with Crippen molar-refractivity contribution in [1.29, 1.82) is 0 Å². The number of aryl methyl sites for hydroxylation is 1. The van der Waals surface area contributed by atoms with Crippen molar-refractivity contribution in [2.75, 3.05) is 12.9 Å². The monoisotopic (exact) mass is 212 g/mol. The highest BCUT2D eigenvalue weighted by atomic mass is 32.2. The van der Waals surface area contributed by atoms with Crippen molar-refractivity contribution < 1.29 is 14.6 Å². The van der Waals surface area contributed by atoms with Crippen LogP contribution in [0.5, 0.6) is 5.75 Å². The van der Waals surface area contributed by atoms with Gasteiger partial charge in [-0.2, -0.15) is 0 Å². The summed E-state index contributed by atoms with van der Waals surface area (Å²) in [5.74, 6) is -0.0415. The molecule has 1 aromatic rings. The Kier molecular flexibility index (Phi) is 3.83. The lowest BCUT2D eigenvalue weighted by Gasteiger charge is -2.07. The van der Waals surface area contributed by atoms with Gasteiger partial charge in [0.2, 0.25) is 0 Å². The lowest BCUT2D eigenvalue weighted by atomic mass is 10.2. The fraction of sp³-hybridized carbons (Fsp3) is 0.300. The minimum Gasteiger partial charge on any atom is -0.496 e. The molecule has 0 aromatic heterocycles. The molecule has 3 nitrogen and oxygen atoms in total. The number of methoxy groups -OCH3 is 1. The van der Waals surface area contributed by atoms with Crippen LogP contribution in [0.2, 0.25) is 0 Å². The average Bonchev–Trinajstić information content (AvgIpc) is 2.15. The van der Waals surface area contributed by atoms with Crippen LogP contribution in [-0.2, 0) is 4.79 Å². The van der Waals surface area contributed by atoms with Gasteiger partial charge in [-0.1, -0.05) is 6.07 Å². The van der Waals surface area contributed by atoms with Crippen molar-refractivity contribution in [3.8, 4) is 5.75 Å². The van der Waals surface area contributed by atoms with Crippen molar-refractivity contribution in [3.05, 3.63) is 23.8 Å². The molecule has 0 unspecified atom stereocenters. The molecule has 0 atom stereocenters. The zero-order valence-corrected chi connectivity index (χ0v) is 8.93. The number of ether oxygens (including phenoxy) is 1. The molecule has 14 heavy (non-hydrogen) atoms.